The molecule has 1 saturated heterocycles. The van der Waals surface area contributed by atoms with Gasteiger partial charge in [-0.2, -0.15) is 0 Å². The summed E-state index contributed by atoms with van der Waals surface area (Å²) in [6.07, 6.45) is 1.08. The Morgan fingerprint density at radius 1 is 1.19 bits per heavy atom. The minimum Gasteiger partial charge on any atom is -0.447 e. The van der Waals surface area contributed by atoms with Crippen molar-refractivity contribution in [2.24, 2.45) is 0 Å². The van der Waals surface area contributed by atoms with E-state index in [1.165, 1.54) is 6.26 Å². The Balaban J connectivity index is 1.39. The molecular formula is C23H35N5O3. The number of rotatable bonds is 10. The molecule has 3 rings (SSSR count). The fourth-order valence-corrected chi connectivity index (χ4v) is 3.58. The predicted octanol–water partition coefficient (Wildman–Crippen LogP) is 1.42. The Labute approximate surface area is 184 Å². The van der Waals surface area contributed by atoms with E-state index in [1.807, 2.05) is 37.4 Å². The van der Waals surface area contributed by atoms with E-state index >= 15 is 0 Å². The fourth-order valence-electron chi connectivity index (χ4n) is 3.58. The van der Waals surface area contributed by atoms with Crippen molar-refractivity contribution >= 4 is 5.91 Å². The largest absolute Gasteiger partial charge is 0.447 e. The number of benzene rings is 1. The molecule has 2 aromatic rings. The van der Waals surface area contributed by atoms with Gasteiger partial charge in [-0.25, -0.2) is 4.98 Å². The molecule has 0 saturated carbocycles. The molecule has 31 heavy (non-hydrogen) atoms. The van der Waals surface area contributed by atoms with Gasteiger partial charge in [0.2, 0.25) is 5.89 Å². The smallest absolute Gasteiger partial charge is 0.273 e. The Morgan fingerprint density at radius 2 is 1.87 bits per heavy atom. The first-order chi connectivity index (χ1) is 14.9. The molecule has 8 heteroatoms. The second kappa shape index (κ2) is 11.4. The number of carbonyl (C=O) groups is 1. The Kier molecular flexibility index (Phi) is 8.60. The van der Waals surface area contributed by atoms with Crippen molar-refractivity contribution < 1.29 is 14.3 Å². The average Bonchev–Trinajstić information content (AvgIpc) is 3.22. The van der Waals surface area contributed by atoms with Gasteiger partial charge in [0, 0.05) is 51.9 Å². The molecule has 0 bridgehead atoms. The van der Waals surface area contributed by atoms with Crippen LogP contribution in [0.5, 0.6) is 0 Å². The maximum absolute atomic E-state index is 12.3. The van der Waals surface area contributed by atoms with Crippen LogP contribution in [0.3, 0.4) is 0 Å². The number of nitrogens with zero attached hydrogens (tertiary/aromatic N) is 4. The second-order valence-electron chi connectivity index (χ2n) is 8.56. The van der Waals surface area contributed by atoms with Gasteiger partial charge in [-0.3, -0.25) is 14.6 Å². The zero-order chi connectivity index (χ0) is 22.2. The highest BCUT2D eigenvalue weighted by molar-refractivity contribution is 5.91. The number of aliphatic hydroxyl groups is 1. The van der Waals surface area contributed by atoms with Gasteiger partial charge in [0.1, 0.15) is 6.26 Å². The van der Waals surface area contributed by atoms with Crippen LogP contribution < -0.4 is 5.32 Å². The molecule has 0 radical (unpaired) electrons. The van der Waals surface area contributed by atoms with Crippen LogP contribution in [0, 0.1) is 0 Å². The van der Waals surface area contributed by atoms with Crippen molar-refractivity contribution in [3.05, 3.63) is 53.7 Å². The number of aliphatic hydroxyl groups excluding tert-OH is 1. The number of hydrogen-bond acceptors (Lipinski definition) is 7. The lowest BCUT2D eigenvalue weighted by Crippen LogP contribution is -2.49. The van der Waals surface area contributed by atoms with Crippen LogP contribution in [0.25, 0.3) is 0 Å². The van der Waals surface area contributed by atoms with Gasteiger partial charge in [-0.05, 0) is 26.5 Å². The zero-order valence-electron chi connectivity index (χ0n) is 18.8. The monoisotopic (exact) mass is 429 g/mol. The molecule has 1 aromatic carbocycles. The summed E-state index contributed by atoms with van der Waals surface area (Å²) in [5.41, 5.74) is 1.35. The van der Waals surface area contributed by atoms with E-state index in [0.717, 1.165) is 31.7 Å². The van der Waals surface area contributed by atoms with Crippen molar-refractivity contribution in [2.45, 2.75) is 39.1 Å². The van der Waals surface area contributed by atoms with Gasteiger partial charge >= 0.3 is 0 Å². The molecule has 1 amide bonds. The van der Waals surface area contributed by atoms with Gasteiger partial charge < -0.3 is 19.7 Å². The lowest BCUT2D eigenvalue weighted by atomic mass is 10.2. The third-order valence-corrected chi connectivity index (χ3v) is 5.75. The first-order valence-corrected chi connectivity index (χ1v) is 11.0. The summed E-state index contributed by atoms with van der Waals surface area (Å²) in [7, 11) is 2.04. The van der Waals surface area contributed by atoms with Crippen LogP contribution in [0.1, 0.15) is 35.8 Å². The second-order valence-corrected chi connectivity index (χ2v) is 8.56. The minimum absolute atomic E-state index is 0.232. The van der Waals surface area contributed by atoms with Gasteiger partial charge in [-0.15, -0.1) is 0 Å². The molecule has 0 spiro atoms. The van der Waals surface area contributed by atoms with E-state index in [1.54, 1.807) is 0 Å². The van der Waals surface area contributed by atoms with Gasteiger partial charge in [0.05, 0.1) is 12.6 Å². The lowest BCUT2D eigenvalue weighted by Gasteiger charge is -2.35. The summed E-state index contributed by atoms with van der Waals surface area (Å²) in [6.45, 7) is 10.2. The van der Waals surface area contributed by atoms with Crippen molar-refractivity contribution in [3.8, 4) is 0 Å². The molecular weight excluding hydrogens is 394 g/mol. The molecule has 2 heterocycles. The molecule has 1 fully saturated rings. The fraction of sp³-hybridized carbons (Fsp3) is 0.565. The standard InChI is InChI=1S/C23H35N5O3/c1-18(2)26(3)14-20(29)15-27-9-11-28(12-10-27)16-22-25-21(17-31-22)23(30)24-13-19-7-5-4-6-8-19/h4-8,17-18,20,29H,9-16H2,1-3H3,(H,24,30)/t20-/m1/s1. The SMILES string of the molecule is CC(C)N(C)C[C@@H](O)CN1CCN(Cc2nc(C(=O)NCc3ccccc3)co2)CC1. The Morgan fingerprint density at radius 3 is 2.55 bits per heavy atom. The van der Waals surface area contributed by atoms with Crippen LogP contribution in [0.15, 0.2) is 41.0 Å². The highest BCUT2D eigenvalue weighted by Gasteiger charge is 2.22. The number of aromatic nitrogens is 1. The van der Waals surface area contributed by atoms with Crippen LogP contribution in [-0.2, 0) is 13.1 Å². The van der Waals surface area contributed by atoms with Crippen LogP contribution >= 0.6 is 0 Å². The number of hydrogen-bond donors (Lipinski definition) is 2. The maximum Gasteiger partial charge on any atom is 0.273 e. The van der Waals surface area contributed by atoms with Gasteiger partial charge in [0.25, 0.3) is 5.91 Å². The lowest BCUT2D eigenvalue weighted by molar-refractivity contribution is 0.0469. The topological polar surface area (TPSA) is 85.1 Å². The molecule has 1 aliphatic rings. The highest BCUT2D eigenvalue weighted by Crippen LogP contribution is 2.10. The minimum atomic E-state index is -0.345. The first kappa shape index (κ1) is 23.4. The quantitative estimate of drug-likeness (QED) is 0.591. The van der Waals surface area contributed by atoms with Crippen molar-refractivity contribution in [2.75, 3.05) is 46.3 Å². The molecule has 1 aromatic heterocycles. The van der Waals surface area contributed by atoms with E-state index in [4.69, 9.17) is 4.42 Å². The van der Waals surface area contributed by atoms with E-state index < -0.39 is 0 Å². The Bertz CT molecular complexity index is 803. The van der Waals surface area contributed by atoms with Gasteiger partial charge in [-0.1, -0.05) is 30.3 Å². The summed E-state index contributed by atoms with van der Waals surface area (Å²) in [4.78, 5) is 23.4. The number of amides is 1. The average molecular weight is 430 g/mol. The van der Waals surface area contributed by atoms with Crippen LogP contribution in [-0.4, -0.2) is 89.2 Å². The van der Waals surface area contributed by atoms with E-state index in [0.29, 0.717) is 43.8 Å². The van der Waals surface area contributed by atoms with E-state index in [2.05, 4.69) is 38.8 Å². The maximum atomic E-state index is 12.3. The summed E-state index contributed by atoms with van der Waals surface area (Å²) in [5.74, 6) is 0.320. The molecule has 0 aliphatic carbocycles. The molecule has 0 unspecified atom stereocenters. The normalized spacial score (nSPS) is 16.7. The summed E-state index contributed by atoms with van der Waals surface area (Å²) in [5, 5.41) is 13.2. The Hall–Kier alpha value is -2.26. The number of β-amino-alcohol motifs (C(OH)–C–C–N with tert-alkyl or cyclic N) is 1. The third-order valence-electron chi connectivity index (χ3n) is 5.75. The molecule has 2 N–H and O–H groups in total. The zero-order valence-corrected chi connectivity index (χ0v) is 18.8. The molecule has 1 atom stereocenters. The summed E-state index contributed by atoms with van der Waals surface area (Å²) < 4.78 is 5.53. The number of carbonyl (C=O) groups excluding carboxylic acids is 1. The van der Waals surface area contributed by atoms with E-state index in [9.17, 15) is 9.90 Å². The van der Waals surface area contributed by atoms with Crippen LogP contribution in [0.4, 0.5) is 0 Å². The molecule has 1 aliphatic heterocycles. The first-order valence-electron chi connectivity index (χ1n) is 11.0. The molecule has 170 valence electrons. The van der Waals surface area contributed by atoms with Gasteiger partial charge in [0.15, 0.2) is 5.69 Å². The highest BCUT2D eigenvalue weighted by atomic mass is 16.3. The number of likely N-dealkylation sites (N-methyl/N-ethyl adjacent to an activating group) is 1. The van der Waals surface area contributed by atoms with Crippen molar-refractivity contribution in [1.82, 2.24) is 25.0 Å². The van der Waals surface area contributed by atoms with Crippen molar-refractivity contribution in [1.29, 1.82) is 0 Å². The predicted molar refractivity (Wildman–Crippen MR) is 120 cm³/mol. The number of piperazine rings is 1. The van der Waals surface area contributed by atoms with Crippen LogP contribution in [0.2, 0.25) is 0 Å². The van der Waals surface area contributed by atoms with E-state index in [-0.39, 0.29) is 12.0 Å². The third kappa shape index (κ3) is 7.43. The summed E-state index contributed by atoms with van der Waals surface area (Å²) in [6, 6.07) is 10.2. The summed E-state index contributed by atoms with van der Waals surface area (Å²) >= 11 is 0. The number of nitrogens with one attached hydrogen (secondary N) is 1. The number of oxazole rings is 1. The van der Waals surface area contributed by atoms with Crippen molar-refractivity contribution in [3.63, 3.8) is 0 Å². The molecule has 8 nitrogen and oxygen atoms in total.